The maximum Gasteiger partial charge on any atom is 0.0465 e. The van der Waals surface area contributed by atoms with E-state index in [-0.39, 0.29) is 0 Å². The second-order valence-electron chi connectivity index (χ2n) is 3.44. The molecule has 0 amide bonds. The van der Waals surface area contributed by atoms with Gasteiger partial charge in [-0.3, -0.25) is 4.99 Å². The van der Waals surface area contributed by atoms with Crippen LogP contribution in [0, 0.1) is 0 Å². The highest BCUT2D eigenvalue weighted by atomic mass is 14.7. The van der Waals surface area contributed by atoms with Crippen LogP contribution in [0.4, 0.5) is 0 Å². The number of allylic oxidation sites excluding steroid dienone is 2. The van der Waals surface area contributed by atoms with Crippen molar-refractivity contribution in [2.75, 3.05) is 0 Å². The smallest absolute Gasteiger partial charge is 0.0465 e. The first-order valence-electron chi connectivity index (χ1n) is 5.47. The lowest BCUT2D eigenvalue weighted by Gasteiger charge is -1.97. The molecule has 0 aromatic rings. The number of aliphatic imine (C=N–C) groups is 1. The summed E-state index contributed by atoms with van der Waals surface area (Å²) in [7, 11) is 0. The molecule has 1 unspecified atom stereocenters. The van der Waals surface area contributed by atoms with E-state index in [1.807, 2.05) is 6.21 Å². The third-order valence-corrected chi connectivity index (χ3v) is 2.08. The molecule has 0 spiro atoms. The molecule has 0 aliphatic rings. The van der Waals surface area contributed by atoms with E-state index in [9.17, 15) is 0 Å². The molecule has 0 radical (unpaired) electrons. The zero-order valence-corrected chi connectivity index (χ0v) is 9.29. The Hall–Kier alpha value is -0.590. The Balaban J connectivity index is 3.32. The molecule has 0 bridgehead atoms. The second kappa shape index (κ2) is 9.50. The normalized spacial score (nSPS) is 14.4. The van der Waals surface area contributed by atoms with Crippen LogP contribution in [0.5, 0.6) is 0 Å². The van der Waals surface area contributed by atoms with Crippen molar-refractivity contribution < 1.29 is 0 Å². The van der Waals surface area contributed by atoms with Crippen LogP contribution < -0.4 is 0 Å². The summed E-state index contributed by atoms with van der Waals surface area (Å²) in [6.45, 7) is 6.54. The van der Waals surface area contributed by atoms with Crippen molar-refractivity contribution >= 4 is 6.21 Å². The first kappa shape index (κ1) is 12.4. The predicted molar refractivity (Wildman–Crippen MR) is 61.5 cm³/mol. The molecule has 0 N–H and O–H groups in total. The van der Waals surface area contributed by atoms with Crippen molar-refractivity contribution in [3.8, 4) is 0 Å². The van der Waals surface area contributed by atoms with Crippen molar-refractivity contribution in [1.29, 1.82) is 0 Å². The SMILES string of the molecule is CCCC/C=C\C/C=N\C(C)CC. The summed E-state index contributed by atoms with van der Waals surface area (Å²) in [6, 6.07) is 0.490. The van der Waals surface area contributed by atoms with E-state index in [0.717, 1.165) is 12.8 Å². The summed E-state index contributed by atoms with van der Waals surface area (Å²) in [5.74, 6) is 0. The van der Waals surface area contributed by atoms with E-state index >= 15 is 0 Å². The average molecular weight is 181 g/mol. The summed E-state index contributed by atoms with van der Waals surface area (Å²) in [4.78, 5) is 4.38. The van der Waals surface area contributed by atoms with Gasteiger partial charge in [0.2, 0.25) is 0 Å². The fourth-order valence-corrected chi connectivity index (χ4v) is 0.943. The highest BCUT2D eigenvalue weighted by molar-refractivity contribution is 5.59. The van der Waals surface area contributed by atoms with Gasteiger partial charge in [0.05, 0.1) is 0 Å². The van der Waals surface area contributed by atoms with Gasteiger partial charge < -0.3 is 0 Å². The molecule has 0 aliphatic heterocycles. The first-order valence-corrected chi connectivity index (χ1v) is 5.47. The molecule has 0 rings (SSSR count). The van der Waals surface area contributed by atoms with Crippen molar-refractivity contribution in [2.45, 2.75) is 58.9 Å². The predicted octanol–water partition coefficient (Wildman–Crippen LogP) is 3.99. The van der Waals surface area contributed by atoms with Gasteiger partial charge in [0.1, 0.15) is 0 Å². The quantitative estimate of drug-likeness (QED) is 0.320. The zero-order valence-electron chi connectivity index (χ0n) is 9.29. The molecule has 0 aromatic carbocycles. The molecule has 0 aliphatic carbocycles. The molecule has 0 heterocycles. The van der Waals surface area contributed by atoms with Crippen molar-refractivity contribution in [1.82, 2.24) is 0 Å². The number of unbranched alkanes of at least 4 members (excludes halogenated alkanes) is 2. The van der Waals surface area contributed by atoms with E-state index in [1.165, 1.54) is 19.3 Å². The fourth-order valence-electron chi connectivity index (χ4n) is 0.943. The molecule has 1 nitrogen and oxygen atoms in total. The average Bonchev–Trinajstić information content (AvgIpc) is 2.16. The van der Waals surface area contributed by atoms with Crippen molar-refractivity contribution in [3.05, 3.63) is 12.2 Å². The van der Waals surface area contributed by atoms with Gasteiger partial charge in [-0.15, -0.1) is 0 Å². The number of nitrogens with zero attached hydrogens (tertiary/aromatic N) is 1. The van der Waals surface area contributed by atoms with Gasteiger partial charge in [-0.05, 0) is 19.8 Å². The lowest BCUT2D eigenvalue weighted by Crippen LogP contribution is -1.93. The number of rotatable bonds is 7. The van der Waals surface area contributed by atoms with E-state index in [2.05, 4.69) is 37.9 Å². The second-order valence-corrected chi connectivity index (χ2v) is 3.44. The highest BCUT2D eigenvalue weighted by Gasteiger charge is 1.88. The minimum atomic E-state index is 0.490. The third kappa shape index (κ3) is 9.32. The molecule has 1 atom stereocenters. The van der Waals surface area contributed by atoms with E-state index < -0.39 is 0 Å². The van der Waals surface area contributed by atoms with Crippen LogP contribution in [0.2, 0.25) is 0 Å². The van der Waals surface area contributed by atoms with Crippen molar-refractivity contribution in [2.24, 2.45) is 4.99 Å². The molecule has 0 aromatic heterocycles. The van der Waals surface area contributed by atoms with Gasteiger partial charge in [0, 0.05) is 18.7 Å². The summed E-state index contributed by atoms with van der Waals surface area (Å²) < 4.78 is 0. The minimum absolute atomic E-state index is 0.490. The first-order chi connectivity index (χ1) is 6.31. The van der Waals surface area contributed by atoms with Gasteiger partial charge in [-0.25, -0.2) is 0 Å². The number of hydrogen-bond donors (Lipinski definition) is 0. The van der Waals surface area contributed by atoms with Gasteiger partial charge in [0.25, 0.3) is 0 Å². The maximum absolute atomic E-state index is 4.38. The Morgan fingerprint density at radius 3 is 2.62 bits per heavy atom. The molecular weight excluding hydrogens is 158 g/mol. The zero-order chi connectivity index (χ0) is 9.94. The minimum Gasteiger partial charge on any atom is -0.294 e. The lowest BCUT2D eigenvalue weighted by molar-refractivity contribution is 0.719. The largest absolute Gasteiger partial charge is 0.294 e. The van der Waals surface area contributed by atoms with E-state index in [0.29, 0.717) is 6.04 Å². The van der Waals surface area contributed by atoms with Gasteiger partial charge in [0.15, 0.2) is 0 Å². The summed E-state index contributed by atoms with van der Waals surface area (Å²) >= 11 is 0. The summed E-state index contributed by atoms with van der Waals surface area (Å²) in [6.07, 6.45) is 12.4. The van der Waals surface area contributed by atoms with E-state index in [1.54, 1.807) is 0 Å². The van der Waals surface area contributed by atoms with Gasteiger partial charge in [-0.2, -0.15) is 0 Å². The maximum atomic E-state index is 4.38. The molecule has 1 heteroatoms. The Kier molecular flexibility index (Phi) is 9.07. The Morgan fingerprint density at radius 1 is 1.23 bits per heavy atom. The fraction of sp³-hybridized carbons (Fsp3) is 0.750. The molecule has 0 saturated carbocycles. The standard InChI is InChI=1S/C12H23N/c1-4-6-7-8-9-10-11-13-12(3)5-2/h8-9,11-12H,4-7,10H2,1-3H3/b9-8-,13-11-. The van der Waals surface area contributed by atoms with Crippen LogP contribution in [-0.2, 0) is 0 Å². The van der Waals surface area contributed by atoms with Crippen molar-refractivity contribution in [3.63, 3.8) is 0 Å². The Bertz CT molecular complexity index is 147. The molecule has 0 saturated heterocycles. The third-order valence-electron chi connectivity index (χ3n) is 2.08. The van der Waals surface area contributed by atoms with Crippen LogP contribution in [0.15, 0.2) is 17.1 Å². The van der Waals surface area contributed by atoms with Crippen LogP contribution in [-0.4, -0.2) is 12.3 Å². The molecule has 76 valence electrons. The molecular formula is C12H23N. The topological polar surface area (TPSA) is 12.4 Å². The summed E-state index contributed by atoms with van der Waals surface area (Å²) in [5, 5.41) is 0. The van der Waals surface area contributed by atoms with E-state index in [4.69, 9.17) is 0 Å². The Morgan fingerprint density at radius 2 is 2.00 bits per heavy atom. The van der Waals surface area contributed by atoms with Gasteiger partial charge >= 0.3 is 0 Å². The van der Waals surface area contributed by atoms with Crippen LogP contribution >= 0.6 is 0 Å². The van der Waals surface area contributed by atoms with Crippen LogP contribution in [0.3, 0.4) is 0 Å². The highest BCUT2D eigenvalue weighted by Crippen LogP contribution is 1.96. The molecule has 0 fully saturated rings. The van der Waals surface area contributed by atoms with Gasteiger partial charge in [-0.1, -0.05) is 38.8 Å². The lowest BCUT2D eigenvalue weighted by atomic mass is 10.2. The number of hydrogen-bond acceptors (Lipinski definition) is 1. The van der Waals surface area contributed by atoms with Crippen LogP contribution in [0.1, 0.15) is 52.9 Å². The van der Waals surface area contributed by atoms with Crippen LogP contribution in [0.25, 0.3) is 0 Å². The molecule has 13 heavy (non-hydrogen) atoms. The summed E-state index contributed by atoms with van der Waals surface area (Å²) in [5.41, 5.74) is 0. The monoisotopic (exact) mass is 181 g/mol. The Labute approximate surface area is 83.0 Å².